The Morgan fingerprint density at radius 2 is 1.16 bits per heavy atom. The van der Waals surface area contributed by atoms with E-state index in [4.69, 9.17) is 4.74 Å². The number of benzene rings is 2. The number of sulfonamides is 2. The van der Waals surface area contributed by atoms with Crippen molar-refractivity contribution in [3.63, 3.8) is 0 Å². The van der Waals surface area contributed by atoms with Crippen LogP contribution in [0.5, 0.6) is 5.75 Å². The summed E-state index contributed by atoms with van der Waals surface area (Å²) in [4.78, 5) is 0. The van der Waals surface area contributed by atoms with Crippen LogP contribution in [0.1, 0.15) is 40.2 Å². The van der Waals surface area contributed by atoms with Crippen molar-refractivity contribution in [2.45, 2.75) is 57.8 Å². The molecule has 0 bridgehead atoms. The van der Waals surface area contributed by atoms with Crippen molar-refractivity contribution in [2.24, 2.45) is 0 Å². The van der Waals surface area contributed by atoms with Gasteiger partial charge in [0.15, 0.2) is 0 Å². The number of rotatable bonds is 11. The maximum atomic E-state index is 11.9. The SMILES string of the molecule is CC(CNS(=O)(=O)C(C)C)Oc1ccc(-c2ccc(CNS(=O)(=O)C(C)C)cc2)cc1. The molecule has 9 heteroatoms. The molecule has 2 aromatic carbocycles. The van der Waals surface area contributed by atoms with E-state index in [1.165, 1.54) is 0 Å². The fourth-order valence-electron chi connectivity index (χ4n) is 2.57. The molecular formula is C22H32N2O5S2. The van der Waals surface area contributed by atoms with Crippen LogP contribution in [0.15, 0.2) is 48.5 Å². The molecule has 0 amide bonds. The lowest BCUT2D eigenvalue weighted by molar-refractivity contribution is 0.225. The highest BCUT2D eigenvalue weighted by Gasteiger charge is 2.17. The Bertz CT molecular complexity index is 1050. The minimum absolute atomic E-state index is 0.199. The predicted octanol–water partition coefficient (Wildman–Crippen LogP) is 3.28. The van der Waals surface area contributed by atoms with Crippen molar-refractivity contribution in [1.82, 2.24) is 9.44 Å². The summed E-state index contributed by atoms with van der Waals surface area (Å²) in [7, 11) is -6.61. The summed E-state index contributed by atoms with van der Waals surface area (Å²) < 4.78 is 58.3. The van der Waals surface area contributed by atoms with Crippen LogP contribution in [0.25, 0.3) is 11.1 Å². The quantitative estimate of drug-likeness (QED) is 0.527. The molecule has 2 aromatic rings. The third-order valence-corrected chi connectivity index (χ3v) is 8.37. The topological polar surface area (TPSA) is 102 Å². The van der Waals surface area contributed by atoms with Crippen LogP contribution >= 0.6 is 0 Å². The number of nitrogens with one attached hydrogen (secondary N) is 2. The fourth-order valence-corrected chi connectivity index (χ4v) is 4.07. The fraction of sp³-hybridized carbons (Fsp3) is 0.455. The number of ether oxygens (including phenoxy) is 1. The lowest BCUT2D eigenvalue weighted by Gasteiger charge is -2.17. The van der Waals surface area contributed by atoms with E-state index in [0.29, 0.717) is 5.75 Å². The minimum atomic E-state index is -3.32. The van der Waals surface area contributed by atoms with E-state index in [-0.39, 0.29) is 19.2 Å². The second kappa shape index (κ2) is 10.6. The van der Waals surface area contributed by atoms with Gasteiger partial charge in [-0.2, -0.15) is 0 Å². The Labute approximate surface area is 186 Å². The van der Waals surface area contributed by atoms with Crippen molar-refractivity contribution in [1.29, 1.82) is 0 Å². The van der Waals surface area contributed by atoms with E-state index < -0.39 is 30.5 Å². The van der Waals surface area contributed by atoms with Crippen LogP contribution in [-0.2, 0) is 26.6 Å². The maximum Gasteiger partial charge on any atom is 0.214 e. The molecule has 2 rings (SSSR count). The first kappa shape index (κ1) is 25.3. The first-order valence-electron chi connectivity index (χ1n) is 10.2. The van der Waals surface area contributed by atoms with Crippen LogP contribution < -0.4 is 14.2 Å². The number of hydrogen-bond acceptors (Lipinski definition) is 5. The highest BCUT2D eigenvalue weighted by Crippen LogP contribution is 2.23. The molecule has 0 radical (unpaired) electrons. The third-order valence-electron chi connectivity index (χ3n) is 4.77. The Morgan fingerprint density at radius 1 is 0.710 bits per heavy atom. The largest absolute Gasteiger partial charge is 0.489 e. The van der Waals surface area contributed by atoms with E-state index >= 15 is 0 Å². The van der Waals surface area contributed by atoms with E-state index in [1.807, 2.05) is 55.5 Å². The molecule has 0 fully saturated rings. The summed E-state index contributed by atoms with van der Waals surface area (Å²) in [5.74, 6) is 0.653. The van der Waals surface area contributed by atoms with Gasteiger partial charge in [-0.3, -0.25) is 0 Å². The van der Waals surface area contributed by atoms with Gasteiger partial charge in [-0.25, -0.2) is 26.3 Å². The van der Waals surface area contributed by atoms with Crippen molar-refractivity contribution in [2.75, 3.05) is 6.54 Å². The zero-order valence-electron chi connectivity index (χ0n) is 18.6. The molecular weight excluding hydrogens is 436 g/mol. The second-order valence-electron chi connectivity index (χ2n) is 8.01. The summed E-state index contributed by atoms with van der Waals surface area (Å²) in [5, 5.41) is -0.952. The van der Waals surface area contributed by atoms with Gasteiger partial charge in [-0.15, -0.1) is 0 Å². The Kier molecular flexibility index (Phi) is 8.65. The molecule has 0 spiro atoms. The summed E-state index contributed by atoms with van der Waals surface area (Å²) in [5.41, 5.74) is 2.88. The molecule has 0 heterocycles. The zero-order chi connectivity index (χ0) is 23.2. The highest BCUT2D eigenvalue weighted by molar-refractivity contribution is 7.90. The molecule has 0 saturated heterocycles. The monoisotopic (exact) mass is 468 g/mol. The van der Waals surface area contributed by atoms with Crippen molar-refractivity contribution in [3.05, 3.63) is 54.1 Å². The molecule has 2 N–H and O–H groups in total. The van der Waals surface area contributed by atoms with Gasteiger partial charge in [0.25, 0.3) is 0 Å². The van der Waals surface area contributed by atoms with Crippen molar-refractivity contribution >= 4 is 20.0 Å². The van der Waals surface area contributed by atoms with E-state index in [1.54, 1.807) is 27.7 Å². The summed E-state index contributed by atoms with van der Waals surface area (Å²) in [6.07, 6.45) is -0.312. The lowest BCUT2D eigenvalue weighted by atomic mass is 10.0. The lowest BCUT2D eigenvalue weighted by Crippen LogP contribution is -2.37. The first-order chi connectivity index (χ1) is 14.4. The Hall–Kier alpha value is -1.94. The standard InChI is InChI=1S/C22H32N2O5S2/c1-16(2)30(25,26)23-14-18(5)29-22-12-10-21(11-13-22)20-8-6-19(7-9-20)15-24-31(27,28)17(3)4/h6-13,16-18,23-24H,14-15H2,1-5H3. The molecule has 1 unspecified atom stereocenters. The van der Waals surface area contributed by atoms with E-state index in [2.05, 4.69) is 9.44 Å². The van der Waals surface area contributed by atoms with Gasteiger partial charge in [0.2, 0.25) is 20.0 Å². The van der Waals surface area contributed by atoms with Crippen molar-refractivity contribution in [3.8, 4) is 16.9 Å². The van der Waals surface area contributed by atoms with Gasteiger partial charge in [-0.05, 0) is 63.4 Å². The molecule has 0 aliphatic carbocycles. The van der Waals surface area contributed by atoms with Crippen LogP contribution in [0.3, 0.4) is 0 Å². The van der Waals surface area contributed by atoms with Crippen LogP contribution in [-0.4, -0.2) is 40.0 Å². The molecule has 31 heavy (non-hydrogen) atoms. The maximum absolute atomic E-state index is 11.9. The molecule has 0 saturated carbocycles. The second-order valence-corrected chi connectivity index (χ2v) is 12.6. The van der Waals surface area contributed by atoms with Crippen LogP contribution in [0.4, 0.5) is 0 Å². The normalized spacial score (nSPS) is 13.5. The van der Waals surface area contributed by atoms with Gasteiger partial charge in [0, 0.05) is 13.1 Å². The first-order valence-corrected chi connectivity index (χ1v) is 13.3. The van der Waals surface area contributed by atoms with Gasteiger partial charge in [-0.1, -0.05) is 36.4 Å². The van der Waals surface area contributed by atoms with Gasteiger partial charge < -0.3 is 4.74 Å². The van der Waals surface area contributed by atoms with Crippen LogP contribution in [0.2, 0.25) is 0 Å². The third kappa shape index (κ3) is 7.60. The summed E-state index contributed by atoms with van der Waals surface area (Å²) >= 11 is 0. The summed E-state index contributed by atoms with van der Waals surface area (Å²) in [6.45, 7) is 8.80. The van der Waals surface area contributed by atoms with Gasteiger partial charge in [0.1, 0.15) is 11.9 Å². The molecule has 172 valence electrons. The van der Waals surface area contributed by atoms with Gasteiger partial charge in [0.05, 0.1) is 10.5 Å². The number of hydrogen-bond donors (Lipinski definition) is 2. The molecule has 1 atom stereocenters. The Morgan fingerprint density at radius 3 is 1.65 bits per heavy atom. The molecule has 0 aromatic heterocycles. The molecule has 0 aliphatic rings. The molecule has 0 aliphatic heterocycles. The van der Waals surface area contributed by atoms with E-state index in [0.717, 1.165) is 16.7 Å². The van der Waals surface area contributed by atoms with Crippen molar-refractivity contribution < 1.29 is 21.6 Å². The van der Waals surface area contributed by atoms with Gasteiger partial charge >= 0.3 is 0 Å². The van der Waals surface area contributed by atoms with E-state index in [9.17, 15) is 16.8 Å². The molecule has 7 nitrogen and oxygen atoms in total. The summed E-state index contributed by atoms with van der Waals surface area (Å²) in [6, 6.07) is 15.2. The average molecular weight is 469 g/mol. The smallest absolute Gasteiger partial charge is 0.214 e. The average Bonchev–Trinajstić information content (AvgIpc) is 2.72. The Balaban J connectivity index is 1.94. The zero-order valence-corrected chi connectivity index (χ0v) is 20.3. The highest BCUT2D eigenvalue weighted by atomic mass is 32.2. The predicted molar refractivity (Wildman–Crippen MR) is 125 cm³/mol. The van der Waals surface area contributed by atoms with Crippen LogP contribution in [0, 0.1) is 0 Å². The minimum Gasteiger partial charge on any atom is -0.489 e.